The van der Waals surface area contributed by atoms with Crippen LogP contribution in [0.5, 0.6) is 5.75 Å². The van der Waals surface area contributed by atoms with E-state index < -0.39 is 0 Å². The van der Waals surface area contributed by atoms with Gasteiger partial charge in [-0.3, -0.25) is 4.79 Å². The van der Waals surface area contributed by atoms with Gasteiger partial charge in [-0.15, -0.1) is 0 Å². The molecule has 1 aromatic carbocycles. The molecule has 0 heterocycles. The molecule has 0 aliphatic heterocycles. The summed E-state index contributed by atoms with van der Waals surface area (Å²) in [6, 6.07) is 6.19. The minimum Gasteiger partial charge on any atom is -0.493 e. The number of hydrogen-bond donors (Lipinski definition) is 2. The van der Waals surface area contributed by atoms with Crippen LogP contribution < -0.4 is 15.8 Å². The third kappa shape index (κ3) is 5.76. The molecule has 3 N–H and O–H groups in total. The zero-order chi connectivity index (χ0) is 15.9. The highest BCUT2D eigenvalue weighted by Gasteiger charge is 2.26. The molecule has 1 amide bonds. The molecule has 1 aromatic rings. The maximum Gasteiger partial charge on any atom is 0.225 e. The van der Waals surface area contributed by atoms with E-state index in [0.29, 0.717) is 19.7 Å². The Morgan fingerprint density at radius 3 is 2.71 bits per heavy atom. The standard InChI is InChI=1S/C17H28N2O2/c1-13-6-7-14(2)15(12-13)21-11-5-8-17(3,4)16(20)19-10-9-18/h6-7,12H,5,8-11,18H2,1-4H3,(H,19,20). The number of nitrogens with one attached hydrogen (secondary N) is 1. The van der Waals surface area contributed by atoms with Gasteiger partial charge < -0.3 is 15.8 Å². The number of nitrogens with two attached hydrogens (primary N) is 1. The molecule has 21 heavy (non-hydrogen) atoms. The van der Waals surface area contributed by atoms with Crippen molar-refractivity contribution < 1.29 is 9.53 Å². The molecule has 0 unspecified atom stereocenters. The first-order chi connectivity index (χ1) is 9.86. The summed E-state index contributed by atoms with van der Waals surface area (Å²) in [6.07, 6.45) is 1.63. The van der Waals surface area contributed by atoms with Crippen LogP contribution in [0.3, 0.4) is 0 Å². The summed E-state index contributed by atoms with van der Waals surface area (Å²) in [4.78, 5) is 12.0. The summed E-state index contributed by atoms with van der Waals surface area (Å²) in [5, 5.41) is 2.84. The Balaban J connectivity index is 2.39. The van der Waals surface area contributed by atoms with Gasteiger partial charge in [-0.2, -0.15) is 0 Å². The number of carbonyl (C=O) groups is 1. The Morgan fingerprint density at radius 2 is 2.05 bits per heavy atom. The lowest BCUT2D eigenvalue weighted by molar-refractivity contribution is -0.129. The monoisotopic (exact) mass is 292 g/mol. The SMILES string of the molecule is Cc1ccc(C)c(OCCCC(C)(C)C(=O)NCCN)c1. The summed E-state index contributed by atoms with van der Waals surface area (Å²) in [5.74, 6) is 0.986. The summed E-state index contributed by atoms with van der Waals surface area (Å²) in [5.41, 5.74) is 7.34. The van der Waals surface area contributed by atoms with Crippen molar-refractivity contribution in [3.63, 3.8) is 0 Å². The zero-order valence-electron chi connectivity index (χ0n) is 13.7. The molecule has 0 spiro atoms. The van der Waals surface area contributed by atoms with Crippen LogP contribution in [-0.2, 0) is 4.79 Å². The molecule has 0 radical (unpaired) electrons. The summed E-state index contributed by atoms with van der Waals surface area (Å²) < 4.78 is 5.82. The highest BCUT2D eigenvalue weighted by atomic mass is 16.5. The van der Waals surface area contributed by atoms with Gasteiger partial charge in [-0.1, -0.05) is 26.0 Å². The first-order valence-electron chi connectivity index (χ1n) is 7.55. The van der Waals surface area contributed by atoms with Crippen molar-refractivity contribution in [3.05, 3.63) is 29.3 Å². The normalized spacial score (nSPS) is 11.3. The van der Waals surface area contributed by atoms with E-state index in [1.165, 1.54) is 5.56 Å². The van der Waals surface area contributed by atoms with Gasteiger partial charge in [-0.05, 0) is 43.9 Å². The highest BCUT2D eigenvalue weighted by Crippen LogP contribution is 2.24. The quantitative estimate of drug-likeness (QED) is 0.724. The maximum atomic E-state index is 12.0. The maximum absolute atomic E-state index is 12.0. The van der Waals surface area contributed by atoms with Crippen LogP contribution in [0.2, 0.25) is 0 Å². The van der Waals surface area contributed by atoms with Crippen LogP contribution in [0, 0.1) is 19.3 Å². The molecule has 0 aliphatic carbocycles. The molecular formula is C17H28N2O2. The second-order valence-electron chi connectivity index (χ2n) is 6.15. The van der Waals surface area contributed by atoms with Crippen molar-refractivity contribution in [2.24, 2.45) is 11.1 Å². The van der Waals surface area contributed by atoms with Crippen LogP contribution in [-0.4, -0.2) is 25.6 Å². The summed E-state index contributed by atoms with van der Waals surface area (Å²) in [7, 11) is 0. The van der Waals surface area contributed by atoms with Crippen molar-refractivity contribution in [3.8, 4) is 5.75 Å². The Morgan fingerprint density at radius 1 is 1.33 bits per heavy atom. The van der Waals surface area contributed by atoms with Crippen LogP contribution in [0.25, 0.3) is 0 Å². The van der Waals surface area contributed by atoms with E-state index in [0.717, 1.165) is 24.2 Å². The van der Waals surface area contributed by atoms with E-state index in [1.54, 1.807) is 0 Å². The first kappa shape index (κ1) is 17.5. The second kappa shape index (κ2) is 8.03. The van der Waals surface area contributed by atoms with Gasteiger partial charge in [0.25, 0.3) is 0 Å². The number of hydrogen-bond acceptors (Lipinski definition) is 3. The van der Waals surface area contributed by atoms with Crippen LogP contribution in [0.4, 0.5) is 0 Å². The molecule has 1 rings (SSSR count). The smallest absolute Gasteiger partial charge is 0.225 e. The second-order valence-corrected chi connectivity index (χ2v) is 6.15. The van der Waals surface area contributed by atoms with Gasteiger partial charge in [0.15, 0.2) is 0 Å². The first-order valence-corrected chi connectivity index (χ1v) is 7.55. The Bertz CT molecular complexity index is 470. The van der Waals surface area contributed by atoms with Crippen molar-refractivity contribution in [1.82, 2.24) is 5.32 Å². The summed E-state index contributed by atoms with van der Waals surface area (Å²) in [6.45, 7) is 9.63. The van der Waals surface area contributed by atoms with Gasteiger partial charge >= 0.3 is 0 Å². The fraction of sp³-hybridized carbons (Fsp3) is 0.588. The van der Waals surface area contributed by atoms with Gasteiger partial charge in [-0.25, -0.2) is 0 Å². The van der Waals surface area contributed by atoms with E-state index >= 15 is 0 Å². The van der Waals surface area contributed by atoms with Crippen molar-refractivity contribution >= 4 is 5.91 Å². The molecular weight excluding hydrogens is 264 g/mol. The average Bonchev–Trinajstić information content (AvgIpc) is 2.44. The fourth-order valence-corrected chi connectivity index (χ4v) is 2.10. The van der Waals surface area contributed by atoms with E-state index in [2.05, 4.69) is 30.4 Å². The van der Waals surface area contributed by atoms with Gasteiger partial charge in [0.05, 0.1) is 6.61 Å². The van der Waals surface area contributed by atoms with Crippen LogP contribution >= 0.6 is 0 Å². The van der Waals surface area contributed by atoms with Crippen molar-refractivity contribution in [2.45, 2.75) is 40.5 Å². The van der Waals surface area contributed by atoms with E-state index in [4.69, 9.17) is 10.5 Å². The Kier molecular flexibility index (Phi) is 6.69. The molecule has 0 bridgehead atoms. The third-order valence-corrected chi connectivity index (χ3v) is 3.59. The molecule has 0 aliphatic rings. The van der Waals surface area contributed by atoms with Gasteiger partial charge in [0.2, 0.25) is 5.91 Å². The molecule has 0 saturated carbocycles. The lowest BCUT2D eigenvalue weighted by Gasteiger charge is -2.23. The predicted octanol–water partition coefficient (Wildman–Crippen LogP) is 2.56. The van der Waals surface area contributed by atoms with Gasteiger partial charge in [0, 0.05) is 18.5 Å². The Hall–Kier alpha value is -1.55. The number of benzene rings is 1. The predicted molar refractivity (Wildman–Crippen MR) is 86.5 cm³/mol. The van der Waals surface area contributed by atoms with Crippen molar-refractivity contribution in [2.75, 3.05) is 19.7 Å². The average molecular weight is 292 g/mol. The third-order valence-electron chi connectivity index (χ3n) is 3.59. The molecule has 0 saturated heterocycles. The number of rotatable bonds is 8. The number of carbonyl (C=O) groups excluding carboxylic acids is 1. The number of amides is 1. The van der Waals surface area contributed by atoms with Crippen LogP contribution in [0.1, 0.15) is 37.8 Å². The topological polar surface area (TPSA) is 64.3 Å². The summed E-state index contributed by atoms with van der Waals surface area (Å²) >= 11 is 0. The highest BCUT2D eigenvalue weighted by molar-refractivity contribution is 5.81. The minimum atomic E-state index is -0.389. The van der Waals surface area contributed by atoms with E-state index in [-0.39, 0.29) is 11.3 Å². The molecule has 0 atom stereocenters. The number of ether oxygens (including phenoxy) is 1. The molecule has 118 valence electrons. The molecule has 4 heteroatoms. The number of aryl methyl sites for hydroxylation is 2. The zero-order valence-corrected chi connectivity index (χ0v) is 13.7. The fourth-order valence-electron chi connectivity index (χ4n) is 2.10. The van der Waals surface area contributed by atoms with Gasteiger partial charge in [0.1, 0.15) is 5.75 Å². The Labute approximate surface area is 128 Å². The lowest BCUT2D eigenvalue weighted by Crippen LogP contribution is -2.39. The van der Waals surface area contributed by atoms with Crippen molar-refractivity contribution in [1.29, 1.82) is 0 Å². The lowest BCUT2D eigenvalue weighted by atomic mass is 9.87. The minimum absolute atomic E-state index is 0.0553. The molecule has 0 fully saturated rings. The molecule has 0 aromatic heterocycles. The largest absolute Gasteiger partial charge is 0.493 e. The van der Waals surface area contributed by atoms with E-state index in [1.807, 2.05) is 20.8 Å². The van der Waals surface area contributed by atoms with Crippen LogP contribution in [0.15, 0.2) is 18.2 Å². The van der Waals surface area contributed by atoms with E-state index in [9.17, 15) is 4.79 Å². The molecule has 4 nitrogen and oxygen atoms in total.